The molecule has 2 fully saturated rings. The number of carbonyl (C=O) groups excluding carboxylic acids is 1. The number of hydrogen-bond donors (Lipinski definition) is 1. The maximum atomic E-state index is 11.9. The Labute approximate surface area is 79.3 Å². The van der Waals surface area contributed by atoms with Crippen molar-refractivity contribution in [3.63, 3.8) is 0 Å². The van der Waals surface area contributed by atoms with Crippen LogP contribution in [-0.4, -0.2) is 29.4 Å². The number of nitrogens with two attached hydrogens (primary N) is 1. The molecule has 74 valence electrons. The Morgan fingerprint density at radius 3 is 2.31 bits per heavy atom. The Hall–Kier alpha value is -0.570. The maximum Gasteiger partial charge on any atom is 0.242 e. The molecule has 13 heavy (non-hydrogen) atoms. The normalized spacial score (nSPS) is 26.0. The number of hydrogen-bond acceptors (Lipinski definition) is 2. The first-order chi connectivity index (χ1) is 6.13. The minimum absolute atomic E-state index is 0.170. The summed E-state index contributed by atoms with van der Waals surface area (Å²) in [6.45, 7) is 0. The molecule has 3 heteroatoms. The summed E-state index contributed by atoms with van der Waals surface area (Å²) in [7, 11) is 1.90. The third-order valence-electron chi connectivity index (χ3n) is 3.61. The molecule has 0 aromatic carbocycles. The van der Waals surface area contributed by atoms with E-state index < -0.39 is 5.54 Å². The topological polar surface area (TPSA) is 46.3 Å². The van der Waals surface area contributed by atoms with Gasteiger partial charge < -0.3 is 10.6 Å². The van der Waals surface area contributed by atoms with Crippen LogP contribution in [0.4, 0.5) is 0 Å². The first-order valence-corrected chi connectivity index (χ1v) is 5.20. The summed E-state index contributed by atoms with van der Waals surface area (Å²) in [6, 6.07) is 0.480. The largest absolute Gasteiger partial charge is 0.341 e. The van der Waals surface area contributed by atoms with Crippen LogP contribution in [-0.2, 0) is 4.79 Å². The number of nitrogens with zero attached hydrogens (tertiary/aromatic N) is 1. The van der Waals surface area contributed by atoms with Crippen molar-refractivity contribution < 1.29 is 4.79 Å². The molecule has 0 aromatic heterocycles. The van der Waals surface area contributed by atoms with Crippen LogP contribution < -0.4 is 5.73 Å². The predicted molar refractivity (Wildman–Crippen MR) is 51.2 cm³/mol. The van der Waals surface area contributed by atoms with Gasteiger partial charge in [0.05, 0.1) is 5.54 Å². The fourth-order valence-electron chi connectivity index (χ4n) is 2.06. The van der Waals surface area contributed by atoms with Crippen molar-refractivity contribution in [3.05, 3.63) is 0 Å². The summed E-state index contributed by atoms with van der Waals surface area (Å²) in [5.74, 6) is 0.170. The van der Waals surface area contributed by atoms with Gasteiger partial charge in [0.2, 0.25) is 5.91 Å². The molecule has 0 saturated heterocycles. The van der Waals surface area contributed by atoms with Crippen LogP contribution in [0.1, 0.15) is 38.5 Å². The molecule has 0 heterocycles. The van der Waals surface area contributed by atoms with Gasteiger partial charge >= 0.3 is 0 Å². The molecule has 0 aliphatic heterocycles. The van der Waals surface area contributed by atoms with E-state index in [-0.39, 0.29) is 5.91 Å². The molecule has 0 radical (unpaired) electrons. The van der Waals surface area contributed by atoms with E-state index in [2.05, 4.69) is 0 Å². The number of carbonyl (C=O) groups is 1. The van der Waals surface area contributed by atoms with Crippen molar-refractivity contribution >= 4 is 5.91 Å². The molecule has 2 rings (SSSR count). The summed E-state index contributed by atoms with van der Waals surface area (Å²) >= 11 is 0. The van der Waals surface area contributed by atoms with Gasteiger partial charge in [0.25, 0.3) is 0 Å². The third kappa shape index (κ3) is 1.35. The monoisotopic (exact) mass is 182 g/mol. The van der Waals surface area contributed by atoms with Crippen LogP contribution in [0.15, 0.2) is 0 Å². The summed E-state index contributed by atoms with van der Waals surface area (Å²) in [5.41, 5.74) is 5.48. The molecule has 0 bridgehead atoms. The Balaban J connectivity index is 1.95. The van der Waals surface area contributed by atoms with Crippen LogP contribution in [0.25, 0.3) is 0 Å². The number of rotatable bonds is 2. The van der Waals surface area contributed by atoms with E-state index in [1.807, 2.05) is 11.9 Å². The van der Waals surface area contributed by atoms with Crippen molar-refractivity contribution in [2.24, 2.45) is 5.73 Å². The van der Waals surface area contributed by atoms with Gasteiger partial charge in [0, 0.05) is 13.1 Å². The number of amides is 1. The molecule has 2 N–H and O–H groups in total. The highest BCUT2D eigenvalue weighted by Crippen LogP contribution is 2.33. The lowest BCUT2D eigenvalue weighted by Gasteiger charge is -2.44. The van der Waals surface area contributed by atoms with E-state index in [0.29, 0.717) is 6.04 Å². The highest BCUT2D eigenvalue weighted by atomic mass is 16.2. The van der Waals surface area contributed by atoms with Crippen LogP contribution >= 0.6 is 0 Å². The molecule has 2 aliphatic rings. The van der Waals surface area contributed by atoms with E-state index in [9.17, 15) is 4.79 Å². The molecule has 3 nitrogen and oxygen atoms in total. The lowest BCUT2D eigenvalue weighted by Crippen LogP contribution is -2.61. The van der Waals surface area contributed by atoms with Gasteiger partial charge in [-0.2, -0.15) is 0 Å². The van der Waals surface area contributed by atoms with E-state index in [0.717, 1.165) is 19.3 Å². The van der Waals surface area contributed by atoms with Gasteiger partial charge in [0.15, 0.2) is 0 Å². The predicted octanol–water partition coefficient (Wildman–Crippen LogP) is 0.879. The standard InChI is InChI=1S/C10H18N2O/c1-12(8-4-2-5-8)9(13)10(11)6-3-7-10/h8H,2-7,11H2,1H3. The fraction of sp³-hybridized carbons (Fsp3) is 0.900. The zero-order valence-electron chi connectivity index (χ0n) is 8.25. The Morgan fingerprint density at radius 2 is 2.00 bits per heavy atom. The average molecular weight is 182 g/mol. The van der Waals surface area contributed by atoms with Gasteiger partial charge in [-0.15, -0.1) is 0 Å². The van der Waals surface area contributed by atoms with Crippen molar-refractivity contribution in [2.45, 2.75) is 50.1 Å². The van der Waals surface area contributed by atoms with Gasteiger partial charge in [-0.3, -0.25) is 4.79 Å². The SMILES string of the molecule is CN(C(=O)C1(N)CCC1)C1CCC1. The Morgan fingerprint density at radius 1 is 1.38 bits per heavy atom. The van der Waals surface area contributed by atoms with Crippen molar-refractivity contribution in [2.75, 3.05) is 7.05 Å². The zero-order valence-corrected chi connectivity index (χ0v) is 8.25. The average Bonchev–Trinajstić information content (AvgIpc) is 1.95. The molecule has 0 unspecified atom stereocenters. The van der Waals surface area contributed by atoms with Crippen molar-refractivity contribution in [3.8, 4) is 0 Å². The lowest BCUT2D eigenvalue weighted by molar-refractivity contribution is -0.142. The summed E-state index contributed by atoms with van der Waals surface area (Å²) in [4.78, 5) is 13.8. The summed E-state index contributed by atoms with van der Waals surface area (Å²) in [6.07, 6.45) is 6.46. The van der Waals surface area contributed by atoms with Gasteiger partial charge in [0.1, 0.15) is 0 Å². The second kappa shape index (κ2) is 2.98. The van der Waals surface area contributed by atoms with Crippen LogP contribution in [0.5, 0.6) is 0 Å². The van der Waals surface area contributed by atoms with Gasteiger partial charge in [-0.05, 0) is 38.5 Å². The molecular weight excluding hydrogens is 164 g/mol. The third-order valence-corrected chi connectivity index (χ3v) is 3.61. The molecule has 2 saturated carbocycles. The second-order valence-corrected chi connectivity index (χ2v) is 4.51. The summed E-state index contributed by atoms with van der Waals surface area (Å²) < 4.78 is 0. The van der Waals surface area contributed by atoms with E-state index in [4.69, 9.17) is 5.73 Å². The molecule has 0 atom stereocenters. The molecule has 1 amide bonds. The maximum absolute atomic E-state index is 11.9. The summed E-state index contributed by atoms with van der Waals surface area (Å²) in [5, 5.41) is 0. The highest BCUT2D eigenvalue weighted by molar-refractivity contribution is 5.87. The quantitative estimate of drug-likeness (QED) is 0.689. The van der Waals surface area contributed by atoms with Gasteiger partial charge in [-0.25, -0.2) is 0 Å². The fourth-order valence-corrected chi connectivity index (χ4v) is 2.06. The second-order valence-electron chi connectivity index (χ2n) is 4.51. The van der Waals surface area contributed by atoms with Crippen LogP contribution in [0.3, 0.4) is 0 Å². The van der Waals surface area contributed by atoms with Crippen molar-refractivity contribution in [1.29, 1.82) is 0 Å². The molecule has 0 spiro atoms. The van der Waals surface area contributed by atoms with Crippen LogP contribution in [0.2, 0.25) is 0 Å². The van der Waals surface area contributed by atoms with Crippen molar-refractivity contribution in [1.82, 2.24) is 4.90 Å². The van der Waals surface area contributed by atoms with E-state index in [1.165, 1.54) is 19.3 Å². The minimum Gasteiger partial charge on any atom is -0.341 e. The van der Waals surface area contributed by atoms with Gasteiger partial charge in [-0.1, -0.05) is 0 Å². The Bertz CT molecular complexity index is 219. The molecule has 2 aliphatic carbocycles. The molecular formula is C10H18N2O. The first kappa shape index (κ1) is 9.00. The lowest BCUT2D eigenvalue weighted by atomic mass is 9.76. The zero-order chi connectivity index (χ0) is 9.47. The smallest absolute Gasteiger partial charge is 0.242 e. The Kier molecular flexibility index (Phi) is 2.06. The van der Waals surface area contributed by atoms with E-state index in [1.54, 1.807) is 0 Å². The molecule has 0 aromatic rings. The highest BCUT2D eigenvalue weighted by Gasteiger charge is 2.43. The number of likely N-dealkylation sites (N-methyl/N-ethyl adjacent to an activating group) is 1. The van der Waals surface area contributed by atoms with Crippen LogP contribution in [0, 0.1) is 0 Å². The van der Waals surface area contributed by atoms with E-state index >= 15 is 0 Å². The first-order valence-electron chi connectivity index (χ1n) is 5.20. The minimum atomic E-state index is -0.496.